The number of quaternary nitrogens is 1. The van der Waals surface area contributed by atoms with Gasteiger partial charge in [0.25, 0.3) is 5.91 Å². The van der Waals surface area contributed by atoms with Gasteiger partial charge in [0.15, 0.2) is 18.0 Å². The highest BCUT2D eigenvalue weighted by Gasteiger charge is 2.19. The quantitative estimate of drug-likeness (QED) is 0.739. The smallest absolute Gasteiger partial charge is 0.279 e. The van der Waals surface area contributed by atoms with Gasteiger partial charge in [-0.2, -0.15) is 0 Å². The Balaban J connectivity index is 1.56. The van der Waals surface area contributed by atoms with E-state index >= 15 is 0 Å². The molecule has 1 amide bonds. The zero-order chi connectivity index (χ0) is 19.8. The molecular formula is C23H29N2O3+. The van der Waals surface area contributed by atoms with Gasteiger partial charge in [-0.05, 0) is 43.2 Å². The van der Waals surface area contributed by atoms with E-state index in [2.05, 4.69) is 35.7 Å². The van der Waals surface area contributed by atoms with Gasteiger partial charge in [-0.1, -0.05) is 30.3 Å². The second kappa shape index (κ2) is 9.95. The van der Waals surface area contributed by atoms with E-state index in [4.69, 9.17) is 9.47 Å². The van der Waals surface area contributed by atoms with E-state index in [9.17, 15) is 4.79 Å². The van der Waals surface area contributed by atoms with Crippen molar-refractivity contribution in [1.29, 1.82) is 0 Å². The van der Waals surface area contributed by atoms with Crippen LogP contribution in [0.2, 0.25) is 0 Å². The largest absolute Gasteiger partial charge is 0.490 e. The van der Waals surface area contributed by atoms with Crippen molar-refractivity contribution in [3.05, 3.63) is 60.2 Å². The minimum atomic E-state index is 0.0122. The molecule has 1 atom stereocenters. The number of hydrogen-bond acceptors (Lipinski definition) is 3. The first kappa shape index (κ1) is 20.0. The number of hydrogen-bond donors (Lipinski definition) is 2. The highest BCUT2D eigenvalue weighted by atomic mass is 16.5. The summed E-state index contributed by atoms with van der Waals surface area (Å²) in [5, 5.41) is 2.98. The van der Waals surface area contributed by atoms with Crippen molar-refractivity contribution in [2.24, 2.45) is 0 Å². The van der Waals surface area contributed by atoms with Crippen LogP contribution in [0.1, 0.15) is 25.8 Å². The molecule has 0 aliphatic carbocycles. The van der Waals surface area contributed by atoms with Gasteiger partial charge in [-0.3, -0.25) is 4.79 Å². The van der Waals surface area contributed by atoms with E-state index in [1.165, 1.54) is 16.0 Å². The number of rotatable bonds is 8. The molecule has 5 nitrogen and oxygen atoms in total. The maximum absolute atomic E-state index is 12.5. The average Bonchev–Trinajstić information content (AvgIpc) is 2.71. The zero-order valence-corrected chi connectivity index (χ0v) is 16.7. The molecule has 28 heavy (non-hydrogen) atoms. The predicted octanol–water partition coefficient (Wildman–Crippen LogP) is 2.79. The minimum absolute atomic E-state index is 0.0122. The standard InChI is InChI=1S/C23H28N2O3/c1-3-27-21-11-10-20(16-22(21)28-4-2)24-23(26)17-25-14-12-19(13-15-25)18-8-6-5-7-9-18/h5-12,16H,3-4,13-15,17H2,1-2H3,(H,24,26)/p+1. The van der Waals surface area contributed by atoms with Crippen LogP contribution in [0.25, 0.3) is 5.57 Å². The average molecular weight is 381 g/mol. The van der Waals surface area contributed by atoms with E-state index in [0.29, 0.717) is 31.3 Å². The first-order chi connectivity index (χ1) is 13.7. The lowest BCUT2D eigenvalue weighted by Crippen LogP contribution is -3.13. The molecule has 0 aromatic heterocycles. The van der Waals surface area contributed by atoms with Gasteiger partial charge >= 0.3 is 0 Å². The van der Waals surface area contributed by atoms with Crippen LogP contribution in [-0.4, -0.2) is 38.8 Å². The van der Waals surface area contributed by atoms with Gasteiger partial charge in [0.1, 0.15) is 0 Å². The van der Waals surface area contributed by atoms with Gasteiger partial charge in [0.2, 0.25) is 0 Å². The van der Waals surface area contributed by atoms with Crippen LogP contribution >= 0.6 is 0 Å². The van der Waals surface area contributed by atoms with Crippen molar-refractivity contribution in [1.82, 2.24) is 0 Å². The number of benzene rings is 2. The normalized spacial score (nSPS) is 16.2. The van der Waals surface area contributed by atoms with Gasteiger partial charge in [-0.25, -0.2) is 0 Å². The van der Waals surface area contributed by atoms with Crippen LogP contribution < -0.4 is 19.7 Å². The predicted molar refractivity (Wildman–Crippen MR) is 112 cm³/mol. The highest BCUT2D eigenvalue weighted by Crippen LogP contribution is 2.30. The fraction of sp³-hybridized carbons (Fsp3) is 0.348. The molecule has 0 spiro atoms. The lowest BCUT2D eigenvalue weighted by molar-refractivity contribution is -0.886. The van der Waals surface area contributed by atoms with E-state index in [-0.39, 0.29) is 5.91 Å². The third kappa shape index (κ3) is 5.36. The molecule has 1 heterocycles. The summed E-state index contributed by atoms with van der Waals surface area (Å²) in [7, 11) is 0. The fourth-order valence-corrected chi connectivity index (χ4v) is 3.42. The van der Waals surface area contributed by atoms with E-state index in [1.807, 2.05) is 38.1 Å². The molecule has 2 aromatic rings. The van der Waals surface area contributed by atoms with E-state index in [1.54, 1.807) is 0 Å². The molecule has 2 aromatic carbocycles. The minimum Gasteiger partial charge on any atom is -0.490 e. The highest BCUT2D eigenvalue weighted by molar-refractivity contribution is 5.91. The summed E-state index contributed by atoms with van der Waals surface area (Å²) in [5.74, 6) is 1.36. The summed E-state index contributed by atoms with van der Waals surface area (Å²) < 4.78 is 11.2. The molecule has 3 rings (SSSR count). The second-order valence-corrected chi connectivity index (χ2v) is 6.80. The maximum atomic E-state index is 12.5. The molecular weight excluding hydrogens is 352 g/mol. The number of nitrogens with one attached hydrogen (secondary N) is 2. The first-order valence-electron chi connectivity index (χ1n) is 9.97. The van der Waals surface area contributed by atoms with Crippen molar-refractivity contribution in [3.63, 3.8) is 0 Å². The molecule has 2 N–H and O–H groups in total. The molecule has 5 heteroatoms. The monoisotopic (exact) mass is 381 g/mol. The Bertz CT molecular complexity index is 818. The Labute approximate surface area is 167 Å². The van der Waals surface area contributed by atoms with Crippen LogP contribution in [0.5, 0.6) is 11.5 Å². The molecule has 1 aliphatic rings. The van der Waals surface area contributed by atoms with E-state index in [0.717, 1.165) is 25.2 Å². The number of ether oxygens (including phenoxy) is 2. The number of amides is 1. The second-order valence-electron chi connectivity index (χ2n) is 6.80. The molecule has 148 valence electrons. The van der Waals surface area contributed by atoms with Crippen molar-refractivity contribution >= 4 is 17.2 Å². The summed E-state index contributed by atoms with van der Waals surface area (Å²) in [5.41, 5.74) is 3.38. The van der Waals surface area contributed by atoms with Gasteiger partial charge in [0.05, 0.1) is 26.3 Å². The molecule has 0 fully saturated rings. The number of carbonyl (C=O) groups excluding carboxylic acids is 1. The van der Waals surface area contributed by atoms with Crippen LogP contribution in [0.3, 0.4) is 0 Å². The molecule has 0 radical (unpaired) electrons. The molecule has 0 saturated heterocycles. The topological polar surface area (TPSA) is 52.0 Å². The molecule has 1 unspecified atom stereocenters. The lowest BCUT2D eigenvalue weighted by atomic mass is 10.00. The Morgan fingerprint density at radius 3 is 2.46 bits per heavy atom. The van der Waals surface area contributed by atoms with Crippen molar-refractivity contribution < 1.29 is 19.2 Å². The van der Waals surface area contributed by atoms with Crippen LogP contribution in [0, 0.1) is 0 Å². The Hall–Kier alpha value is -2.79. The maximum Gasteiger partial charge on any atom is 0.279 e. The first-order valence-corrected chi connectivity index (χ1v) is 9.97. The third-order valence-electron chi connectivity index (χ3n) is 4.77. The van der Waals surface area contributed by atoms with Gasteiger partial charge < -0.3 is 19.7 Å². The molecule has 0 saturated carbocycles. The summed E-state index contributed by atoms with van der Waals surface area (Å²) in [6, 6.07) is 16.0. The summed E-state index contributed by atoms with van der Waals surface area (Å²) in [6.45, 7) is 7.26. The van der Waals surface area contributed by atoms with E-state index < -0.39 is 0 Å². The molecule has 0 bridgehead atoms. The Morgan fingerprint density at radius 1 is 1.04 bits per heavy atom. The summed E-state index contributed by atoms with van der Waals surface area (Å²) in [4.78, 5) is 13.8. The SMILES string of the molecule is CCOc1ccc(NC(=O)C[NH+]2CC=C(c3ccccc3)CC2)cc1OCC. The fourth-order valence-electron chi connectivity index (χ4n) is 3.42. The van der Waals surface area contributed by atoms with Crippen molar-refractivity contribution in [2.45, 2.75) is 20.3 Å². The zero-order valence-electron chi connectivity index (χ0n) is 16.7. The molecule has 1 aliphatic heterocycles. The number of carbonyl (C=O) groups is 1. The van der Waals surface area contributed by atoms with Crippen molar-refractivity contribution in [2.75, 3.05) is 38.2 Å². The third-order valence-corrected chi connectivity index (χ3v) is 4.77. The summed E-state index contributed by atoms with van der Waals surface area (Å²) in [6.07, 6.45) is 3.25. The van der Waals surface area contributed by atoms with Crippen LogP contribution in [0.15, 0.2) is 54.6 Å². The number of anilines is 1. The lowest BCUT2D eigenvalue weighted by Gasteiger charge is -2.23. The Morgan fingerprint density at radius 2 is 1.79 bits per heavy atom. The van der Waals surface area contributed by atoms with Crippen LogP contribution in [-0.2, 0) is 4.79 Å². The Kier molecular flexibility index (Phi) is 7.09. The van der Waals surface area contributed by atoms with Crippen molar-refractivity contribution in [3.8, 4) is 11.5 Å². The van der Waals surface area contributed by atoms with Gasteiger partial charge in [0, 0.05) is 18.2 Å². The summed E-state index contributed by atoms with van der Waals surface area (Å²) >= 11 is 0. The van der Waals surface area contributed by atoms with Crippen LogP contribution in [0.4, 0.5) is 5.69 Å². The van der Waals surface area contributed by atoms with Gasteiger partial charge in [-0.15, -0.1) is 0 Å².